The van der Waals surface area contributed by atoms with E-state index in [-0.39, 0.29) is 6.42 Å². The Morgan fingerprint density at radius 1 is 1.44 bits per heavy atom. The molecule has 1 heterocycles. The van der Waals surface area contributed by atoms with Gasteiger partial charge in [-0.3, -0.25) is 4.79 Å². The maximum atomic E-state index is 10.3. The number of nitrogens with zero attached hydrogens (tertiary/aromatic N) is 1. The smallest absolute Gasteiger partial charge is 0.303 e. The van der Waals surface area contributed by atoms with E-state index < -0.39 is 12.1 Å². The third-order valence-electron chi connectivity index (χ3n) is 3.64. The minimum Gasteiger partial charge on any atom is -0.481 e. The highest BCUT2D eigenvalue weighted by Gasteiger charge is 2.16. The standard InChI is InChI=1S/C13H26N2O3/c1-15-8-5-11(6-9-15)4-7-14-10-12(16)2-3-13(17)18/h11-12,14,16H,2-10H2,1H3,(H,17,18). The Morgan fingerprint density at radius 2 is 2.11 bits per heavy atom. The van der Waals surface area contributed by atoms with Crippen LogP contribution in [0.3, 0.4) is 0 Å². The molecule has 1 rings (SSSR count). The van der Waals surface area contributed by atoms with E-state index >= 15 is 0 Å². The lowest BCUT2D eigenvalue weighted by Gasteiger charge is -2.29. The van der Waals surface area contributed by atoms with Gasteiger partial charge in [0.1, 0.15) is 0 Å². The second-order valence-electron chi connectivity index (χ2n) is 5.33. The summed E-state index contributed by atoms with van der Waals surface area (Å²) in [4.78, 5) is 12.7. The van der Waals surface area contributed by atoms with Crippen LogP contribution in [0.5, 0.6) is 0 Å². The lowest BCUT2D eigenvalue weighted by molar-refractivity contribution is -0.137. The van der Waals surface area contributed by atoms with Gasteiger partial charge in [0.2, 0.25) is 0 Å². The number of rotatable bonds is 8. The molecule has 3 N–H and O–H groups in total. The molecule has 1 aliphatic rings. The minimum atomic E-state index is -0.847. The summed E-state index contributed by atoms with van der Waals surface area (Å²) in [6.07, 6.45) is 3.51. The number of hydrogen-bond donors (Lipinski definition) is 3. The molecule has 5 nitrogen and oxygen atoms in total. The van der Waals surface area contributed by atoms with Crippen molar-refractivity contribution in [2.45, 2.75) is 38.2 Å². The number of aliphatic hydroxyl groups is 1. The molecule has 0 aromatic rings. The molecule has 0 spiro atoms. The van der Waals surface area contributed by atoms with Crippen molar-refractivity contribution in [2.75, 3.05) is 33.2 Å². The number of hydrogen-bond acceptors (Lipinski definition) is 4. The van der Waals surface area contributed by atoms with Gasteiger partial charge in [-0.1, -0.05) is 0 Å². The van der Waals surface area contributed by atoms with Crippen LogP contribution in [0.1, 0.15) is 32.1 Å². The molecule has 1 fully saturated rings. The van der Waals surface area contributed by atoms with Crippen LogP contribution in [0.15, 0.2) is 0 Å². The van der Waals surface area contributed by atoms with Crippen LogP contribution >= 0.6 is 0 Å². The van der Waals surface area contributed by atoms with E-state index in [2.05, 4.69) is 17.3 Å². The van der Waals surface area contributed by atoms with Gasteiger partial charge in [-0.15, -0.1) is 0 Å². The second-order valence-corrected chi connectivity index (χ2v) is 5.33. The molecule has 0 aromatic carbocycles. The normalized spacial score (nSPS) is 19.9. The van der Waals surface area contributed by atoms with Gasteiger partial charge in [-0.2, -0.15) is 0 Å². The monoisotopic (exact) mass is 258 g/mol. The van der Waals surface area contributed by atoms with Crippen LogP contribution in [-0.2, 0) is 4.79 Å². The van der Waals surface area contributed by atoms with Crippen molar-refractivity contribution in [3.8, 4) is 0 Å². The molecule has 1 unspecified atom stereocenters. The van der Waals surface area contributed by atoms with Crippen LogP contribution in [0.4, 0.5) is 0 Å². The Bertz CT molecular complexity index is 240. The van der Waals surface area contributed by atoms with Crippen LogP contribution in [0.2, 0.25) is 0 Å². The predicted molar refractivity (Wildman–Crippen MR) is 70.6 cm³/mol. The van der Waals surface area contributed by atoms with Crippen molar-refractivity contribution in [1.82, 2.24) is 10.2 Å². The SMILES string of the molecule is CN1CCC(CCNCC(O)CCC(=O)O)CC1. The third kappa shape index (κ3) is 6.93. The minimum absolute atomic E-state index is 0.0395. The number of piperidine rings is 1. The molecule has 106 valence electrons. The Labute approximate surface area is 109 Å². The van der Waals surface area contributed by atoms with E-state index in [0.717, 1.165) is 18.9 Å². The number of aliphatic carboxylic acids is 1. The van der Waals surface area contributed by atoms with Crippen LogP contribution in [-0.4, -0.2) is 60.4 Å². The lowest BCUT2D eigenvalue weighted by Crippen LogP contribution is -2.33. The summed E-state index contributed by atoms with van der Waals surface area (Å²) in [6, 6.07) is 0. The Balaban J connectivity index is 1.96. The van der Waals surface area contributed by atoms with Crippen LogP contribution in [0.25, 0.3) is 0 Å². The number of aliphatic hydroxyl groups excluding tert-OH is 1. The molecule has 1 saturated heterocycles. The molecule has 0 radical (unpaired) electrons. The molecule has 0 aliphatic carbocycles. The van der Waals surface area contributed by atoms with Crippen molar-refractivity contribution in [3.63, 3.8) is 0 Å². The first kappa shape index (κ1) is 15.4. The van der Waals surface area contributed by atoms with Gasteiger partial charge in [0.05, 0.1) is 6.10 Å². The van der Waals surface area contributed by atoms with Crippen molar-refractivity contribution in [1.29, 1.82) is 0 Å². The van der Waals surface area contributed by atoms with Gasteiger partial charge < -0.3 is 20.4 Å². The summed E-state index contributed by atoms with van der Waals surface area (Å²) in [6.45, 7) is 3.79. The molecule has 1 atom stereocenters. The summed E-state index contributed by atoms with van der Waals surface area (Å²) in [5.41, 5.74) is 0. The van der Waals surface area contributed by atoms with Crippen LogP contribution < -0.4 is 5.32 Å². The summed E-state index contributed by atoms with van der Waals surface area (Å²) in [5.74, 6) is -0.0507. The maximum absolute atomic E-state index is 10.3. The van der Waals surface area contributed by atoms with Gasteiger partial charge in [-0.05, 0) is 58.3 Å². The largest absolute Gasteiger partial charge is 0.481 e. The third-order valence-corrected chi connectivity index (χ3v) is 3.64. The first-order valence-corrected chi connectivity index (χ1v) is 6.87. The fourth-order valence-corrected chi connectivity index (χ4v) is 2.32. The Morgan fingerprint density at radius 3 is 2.72 bits per heavy atom. The molecular weight excluding hydrogens is 232 g/mol. The lowest BCUT2D eigenvalue weighted by atomic mass is 9.94. The van der Waals surface area contributed by atoms with E-state index in [1.807, 2.05) is 0 Å². The Kier molecular flexibility index (Phi) is 7.23. The van der Waals surface area contributed by atoms with Crippen molar-refractivity contribution in [3.05, 3.63) is 0 Å². The van der Waals surface area contributed by atoms with Crippen molar-refractivity contribution < 1.29 is 15.0 Å². The first-order chi connectivity index (χ1) is 8.58. The number of carboxylic acid groups (broad SMARTS) is 1. The Hall–Kier alpha value is -0.650. The fourth-order valence-electron chi connectivity index (χ4n) is 2.32. The second kappa shape index (κ2) is 8.45. The molecule has 1 aliphatic heterocycles. The topological polar surface area (TPSA) is 72.8 Å². The molecule has 0 bridgehead atoms. The maximum Gasteiger partial charge on any atom is 0.303 e. The molecule has 0 aromatic heterocycles. The average molecular weight is 258 g/mol. The highest BCUT2D eigenvalue weighted by molar-refractivity contribution is 5.66. The van der Waals surface area contributed by atoms with E-state index in [9.17, 15) is 9.90 Å². The van der Waals surface area contributed by atoms with E-state index in [1.165, 1.54) is 25.9 Å². The zero-order valence-electron chi connectivity index (χ0n) is 11.3. The van der Waals surface area contributed by atoms with Gasteiger partial charge in [0, 0.05) is 13.0 Å². The number of likely N-dealkylation sites (tertiary alicyclic amines) is 1. The molecule has 0 saturated carbocycles. The predicted octanol–water partition coefficient (Wildman–Crippen LogP) is 0.534. The highest BCUT2D eigenvalue weighted by Crippen LogP contribution is 2.18. The molecular formula is C13H26N2O3. The summed E-state index contributed by atoms with van der Waals surface area (Å²) < 4.78 is 0. The van der Waals surface area contributed by atoms with Gasteiger partial charge in [-0.25, -0.2) is 0 Å². The highest BCUT2D eigenvalue weighted by atomic mass is 16.4. The fraction of sp³-hybridized carbons (Fsp3) is 0.923. The molecule has 18 heavy (non-hydrogen) atoms. The van der Waals surface area contributed by atoms with Gasteiger partial charge >= 0.3 is 5.97 Å². The molecule has 5 heteroatoms. The number of carbonyl (C=O) groups is 1. The zero-order chi connectivity index (χ0) is 13.4. The molecule has 0 amide bonds. The summed E-state index contributed by atoms with van der Waals surface area (Å²) >= 11 is 0. The van der Waals surface area contributed by atoms with Crippen molar-refractivity contribution >= 4 is 5.97 Å². The summed E-state index contributed by atoms with van der Waals surface area (Å²) in [5, 5.41) is 21.2. The van der Waals surface area contributed by atoms with Crippen LogP contribution in [0, 0.1) is 5.92 Å². The quantitative estimate of drug-likeness (QED) is 0.554. The van der Waals surface area contributed by atoms with Crippen molar-refractivity contribution in [2.24, 2.45) is 5.92 Å². The van der Waals surface area contributed by atoms with E-state index in [4.69, 9.17) is 5.11 Å². The average Bonchev–Trinajstić information content (AvgIpc) is 2.34. The first-order valence-electron chi connectivity index (χ1n) is 6.87. The van der Waals surface area contributed by atoms with E-state index in [1.54, 1.807) is 0 Å². The van der Waals surface area contributed by atoms with E-state index in [0.29, 0.717) is 13.0 Å². The zero-order valence-corrected chi connectivity index (χ0v) is 11.3. The van der Waals surface area contributed by atoms with Gasteiger partial charge in [0.25, 0.3) is 0 Å². The number of nitrogens with one attached hydrogen (secondary N) is 1. The summed E-state index contributed by atoms with van der Waals surface area (Å²) in [7, 11) is 2.16. The number of carboxylic acids is 1. The van der Waals surface area contributed by atoms with Gasteiger partial charge in [0.15, 0.2) is 0 Å².